The van der Waals surface area contributed by atoms with E-state index in [1.165, 1.54) is 25.2 Å². The van der Waals surface area contributed by atoms with Gasteiger partial charge in [-0.15, -0.1) is 0 Å². The quantitative estimate of drug-likeness (QED) is 0.284. The van der Waals surface area contributed by atoms with E-state index in [-0.39, 0.29) is 50.1 Å². The summed E-state index contributed by atoms with van der Waals surface area (Å²) in [6, 6.07) is 9.51. The molecule has 0 bridgehead atoms. The lowest BCUT2D eigenvalue weighted by atomic mass is 10.2. The van der Waals surface area contributed by atoms with E-state index in [0.717, 1.165) is 39.3 Å². The molecule has 0 aliphatic carbocycles. The number of hydrogen-bond donors (Lipinski definition) is 3. The summed E-state index contributed by atoms with van der Waals surface area (Å²) in [6.45, 7) is 8.15. The van der Waals surface area contributed by atoms with Crippen LogP contribution in [-0.4, -0.2) is 86.1 Å². The minimum Gasteiger partial charge on any atom is -0.393 e. The predicted molar refractivity (Wildman–Crippen MR) is 160 cm³/mol. The molecule has 0 aromatic heterocycles. The number of piperazine rings is 2. The Morgan fingerprint density at radius 1 is 0.763 bits per heavy atom. The Balaban J connectivity index is 0. The van der Waals surface area contributed by atoms with Crippen LogP contribution in [0.25, 0.3) is 0 Å². The summed E-state index contributed by atoms with van der Waals surface area (Å²) in [4.78, 5) is 26.9. The van der Waals surface area contributed by atoms with E-state index in [9.17, 15) is 20.2 Å². The van der Waals surface area contributed by atoms with Gasteiger partial charge in [0.2, 0.25) is 0 Å². The number of nitrogen functional groups attached to an aromatic ring is 2. The molecule has 2 aromatic carbocycles. The molecule has 4 rings (SSSR count). The molecule has 5 N–H and O–H groups in total. The number of para-hydroxylation sites is 2. The lowest BCUT2D eigenvalue weighted by Crippen LogP contribution is -2.44. The van der Waals surface area contributed by atoms with Gasteiger partial charge in [0.25, 0.3) is 0 Å². The zero-order valence-corrected chi connectivity index (χ0v) is 20.8. The predicted octanol–water partition coefficient (Wildman–Crippen LogP) is 4.19. The van der Waals surface area contributed by atoms with E-state index < -0.39 is 9.85 Å². The van der Waals surface area contributed by atoms with Crippen molar-refractivity contribution in [3.05, 3.63) is 61.6 Å². The largest absolute Gasteiger partial charge is 0.393 e. The molecular weight excluding hydrogens is 512 g/mol. The molecule has 38 heavy (non-hydrogen) atoms. The molecule has 13 heteroatoms. The van der Waals surface area contributed by atoms with Gasteiger partial charge in [0.15, 0.2) is 0 Å². The average molecular weight is 557 g/mol. The Bertz CT molecular complexity index is 977. The number of benzene rings is 2. The topological polar surface area (TPSA) is 160 Å². The van der Waals surface area contributed by atoms with E-state index in [1.807, 2.05) is 11.9 Å². The van der Waals surface area contributed by atoms with Gasteiger partial charge in [-0.2, -0.15) is 0 Å². The van der Waals surface area contributed by atoms with Crippen molar-refractivity contribution in [3.63, 3.8) is 0 Å². The summed E-state index contributed by atoms with van der Waals surface area (Å²) >= 11 is 5.50. The maximum absolute atomic E-state index is 11.0. The highest BCUT2D eigenvalue weighted by atomic mass is 35.5. The summed E-state index contributed by atoms with van der Waals surface area (Å²) in [5, 5.41) is 24.7. The van der Waals surface area contributed by atoms with E-state index in [2.05, 4.69) is 22.2 Å². The molecule has 2 heterocycles. The fourth-order valence-corrected chi connectivity index (χ4v) is 3.80. The molecular formula is C25H45ClN8O4. The summed E-state index contributed by atoms with van der Waals surface area (Å²) < 4.78 is 0. The van der Waals surface area contributed by atoms with Gasteiger partial charge in [-0.1, -0.05) is 46.0 Å². The van der Waals surface area contributed by atoms with Crippen molar-refractivity contribution < 1.29 is 9.85 Å². The lowest BCUT2D eigenvalue weighted by Gasteiger charge is -2.33. The fourth-order valence-electron chi connectivity index (χ4n) is 3.55. The highest BCUT2D eigenvalue weighted by Gasteiger charge is 2.24. The van der Waals surface area contributed by atoms with Crippen LogP contribution in [0.3, 0.4) is 0 Å². The minimum absolute atomic E-state index is 0. The molecule has 2 aromatic rings. The number of nitro benzene ring substituents is 2. The van der Waals surface area contributed by atoms with Crippen molar-refractivity contribution >= 4 is 40.0 Å². The van der Waals surface area contributed by atoms with Gasteiger partial charge < -0.3 is 31.5 Å². The van der Waals surface area contributed by atoms with Crippen LogP contribution in [0.4, 0.5) is 28.4 Å². The smallest absolute Gasteiger partial charge is 0.315 e. The normalized spacial score (nSPS) is 15.1. The first-order valence-corrected chi connectivity index (χ1v) is 11.5. The van der Waals surface area contributed by atoms with Crippen molar-refractivity contribution in [3.8, 4) is 0 Å². The number of rotatable bonds is 3. The van der Waals surface area contributed by atoms with Gasteiger partial charge in [-0.05, 0) is 38.4 Å². The Hall–Kier alpha value is -3.19. The molecule has 12 nitrogen and oxygen atoms in total. The zero-order chi connectivity index (χ0) is 26.0. The molecule has 2 aliphatic rings. The highest BCUT2D eigenvalue weighted by molar-refractivity contribution is 6.33. The third kappa shape index (κ3) is 11.1. The van der Waals surface area contributed by atoms with Gasteiger partial charge in [-0.25, -0.2) is 0 Å². The van der Waals surface area contributed by atoms with Crippen LogP contribution in [0.5, 0.6) is 0 Å². The summed E-state index contributed by atoms with van der Waals surface area (Å²) in [5.41, 5.74) is 11.7. The first kappa shape index (κ1) is 37.0. The molecule has 0 amide bonds. The second kappa shape index (κ2) is 18.1. The van der Waals surface area contributed by atoms with Crippen molar-refractivity contribution in [2.75, 3.05) is 82.8 Å². The molecule has 0 saturated carbocycles. The van der Waals surface area contributed by atoms with Crippen molar-refractivity contribution in [2.24, 2.45) is 0 Å². The SMILES string of the molecule is C.C.C.CN1CCN(c2cccc(N)c2[N+](=O)[O-])CC1.CN1CCNCC1.Nc1cccc(Cl)c1[N+](=O)[O-]. The first-order chi connectivity index (χ1) is 16.6. The Morgan fingerprint density at radius 2 is 1.21 bits per heavy atom. The fraction of sp³-hybridized carbons (Fsp3) is 0.520. The summed E-state index contributed by atoms with van der Waals surface area (Å²) in [7, 11) is 4.20. The van der Waals surface area contributed by atoms with Crippen molar-refractivity contribution in [1.82, 2.24) is 15.1 Å². The number of hydrogen-bond acceptors (Lipinski definition) is 10. The highest BCUT2D eigenvalue weighted by Crippen LogP contribution is 2.34. The molecule has 216 valence electrons. The van der Waals surface area contributed by atoms with Gasteiger partial charge >= 0.3 is 11.4 Å². The van der Waals surface area contributed by atoms with E-state index in [1.54, 1.807) is 24.3 Å². The molecule has 0 radical (unpaired) electrons. The standard InChI is InChI=1S/C11H16N4O2.C6H5ClN2O2.C5H12N2.3CH4/c1-13-5-7-14(8-6-13)10-4-2-3-9(12)11(10)15(16)17;7-4-2-1-3-5(8)6(4)9(10)11;1-7-4-2-6-3-5-7;;;/h2-4H,5-8,12H2,1H3;1-3H,8H2;6H,2-5H2,1H3;3*1H4. The monoisotopic (exact) mass is 556 g/mol. The molecule has 2 fully saturated rings. The number of nitrogens with two attached hydrogens (primary N) is 2. The second-order valence-electron chi connectivity index (χ2n) is 8.25. The van der Waals surface area contributed by atoms with Crippen LogP contribution >= 0.6 is 11.6 Å². The average Bonchev–Trinajstić information content (AvgIpc) is 2.80. The number of likely N-dealkylation sites (N-methyl/N-ethyl adjacent to an activating group) is 2. The maximum Gasteiger partial charge on any atom is 0.315 e. The van der Waals surface area contributed by atoms with Gasteiger partial charge in [0.05, 0.1) is 9.85 Å². The maximum atomic E-state index is 11.0. The third-order valence-corrected chi connectivity index (χ3v) is 5.92. The van der Waals surface area contributed by atoms with Crippen LogP contribution in [0.15, 0.2) is 36.4 Å². The lowest BCUT2D eigenvalue weighted by molar-refractivity contribution is -0.383. The number of nitrogens with zero attached hydrogens (tertiary/aromatic N) is 5. The summed E-state index contributed by atoms with van der Waals surface area (Å²) in [5.74, 6) is 0. The molecule has 0 spiro atoms. The zero-order valence-electron chi connectivity index (χ0n) is 20.0. The van der Waals surface area contributed by atoms with Crippen LogP contribution in [0.1, 0.15) is 22.3 Å². The second-order valence-corrected chi connectivity index (χ2v) is 8.66. The number of nitrogens with one attached hydrogen (secondary N) is 1. The van der Waals surface area contributed by atoms with E-state index in [0.29, 0.717) is 5.69 Å². The van der Waals surface area contributed by atoms with Crippen LogP contribution in [0.2, 0.25) is 5.02 Å². The van der Waals surface area contributed by atoms with Crippen molar-refractivity contribution in [1.29, 1.82) is 0 Å². The van der Waals surface area contributed by atoms with Crippen LogP contribution in [-0.2, 0) is 0 Å². The Labute approximate surface area is 231 Å². The van der Waals surface area contributed by atoms with Crippen LogP contribution < -0.4 is 21.7 Å². The van der Waals surface area contributed by atoms with E-state index >= 15 is 0 Å². The molecule has 2 aliphatic heterocycles. The first-order valence-electron chi connectivity index (χ1n) is 11.2. The van der Waals surface area contributed by atoms with E-state index in [4.69, 9.17) is 23.1 Å². The number of halogens is 1. The van der Waals surface area contributed by atoms with Crippen molar-refractivity contribution in [2.45, 2.75) is 22.3 Å². The summed E-state index contributed by atoms with van der Waals surface area (Å²) in [6.07, 6.45) is 0. The third-order valence-electron chi connectivity index (χ3n) is 5.61. The number of anilines is 3. The van der Waals surface area contributed by atoms with Gasteiger partial charge in [0, 0.05) is 52.4 Å². The number of nitro groups is 2. The Morgan fingerprint density at radius 3 is 1.61 bits per heavy atom. The van der Waals surface area contributed by atoms with Gasteiger partial charge in [-0.3, -0.25) is 20.2 Å². The van der Waals surface area contributed by atoms with Gasteiger partial charge in [0.1, 0.15) is 22.1 Å². The van der Waals surface area contributed by atoms with Crippen LogP contribution in [0, 0.1) is 20.2 Å². The molecule has 0 atom stereocenters. The Kier molecular flexibility index (Phi) is 17.6. The minimum atomic E-state index is -0.600. The molecule has 2 saturated heterocycles. The molecule has 0 unspecified atom stereocenters.